The molecule has 0 aliphatic heterocycles. The van der Waals surface area contributed by atoms with Gasteiger partial charge in [-0.2, -0.15) is 4.31 Å². The van der Waals surface area contributed by atoms with Gasteiger partial charge in [0.2, 0.25) is 10.0 Å². The van der Waals surface area contributed by atoms with Gasteiger partial charge in [-0.3, -0.25) is 4.98 Å². The Morgan fingerprint density at radius 3 is 2.62 bits per heavy atom. The van der Waals surface area contributed by atoms with E-state index in [0.29, 0.717) is 16.0 Å². The molecule has 112 valence electrons. The molecule has 0 spiro atoms. The van der Waals surface area contributed by atoms with E-state index >= 15 is 0 Å². The third-order valence-electron chi connectivity index (χ3n) is 2.95. The lowest BCUT2D eigenvalue weighted by molar-refractivity contribution is 0.462. The maximum atomic E-state index is 12.6. The van der Waals surface area contributed by atoms with Crippen molar-refractivity contribution in [3.05, 3.63) is 58.3 Å². The molecular weight excluding hydrogens is 376 g/mol. The molecule has 0 radical (unpaired) electrons. The smallest absolute Gasteiger partial charge is 0.244 e. The highest BCUT2D eigenvalue weighted by molar-refractivity contribution is 9.10. The molecule has 4 nitrogen and oxygen atoms in total. The van der Waals surface area contributed by atoms with Gasteiger partial charge < -0.3 is 0 Å². The van der Waals surface area contributed by atoms with E-state index in [0.717, 1.165) is 5.56 Å². The zero-order chi connectivity index (χ0) is 15.5. The summed E-state index contributed by atoms with van der Waals surface area (Å²) in [5.74, 6) is 0.336. The predicted octanol–water partition coefficient (Wildman–Crippen LogP) is 3.40. The Labute approximate surface area is 137 Å². The molecule has 0 saturated heterocycles. The number of halogens is 2. The van der Waals surface area contributed by atoms with Crippen LogP contribution in [-0.4, -0.2) is 24.8 Å². The number of benzene rings is 1. The first-order valence-electron chi connectivity index (χ1n) is 6.16. The van der Waals surface area contributed by atoms with E-state index in [-0.39, 0.29) is 11.4 Å². The Morgan fingerprint density at radius 2 is 2.05 bits per heavy atom. The van der Waals surface area contributed by atoms with E-state index in [1.165, 1.54) is 11.4 Å². The van der Waals surface area contributed by atoms with Gasteiger partial charge in [-0.15, -0.1) is 11.6 Å². The Kier molecular flexibility index (Phi) is 5.37. The molecule has 21 heavy (non-hydrogen) atoms. The van der Waals surface area contributed by atoms with Crippen LogP contribution < -0.4 is 0 Å². The minimum atomic E-state index is -3.59. The first-order chi connectivity index (χ1) is 9.95. The Bertz CT molecular complexity index is 723. The molecule has 1 aromatic heterocycles. The van der Waals surface area contributed by atoms with E-state index in [1.807, 2.05) is 6.07 Å². The zero-order valence-corrected chi connectivity index (χ0v) is 14.5. The van der Waals surface area contributed by atoms with Gasteiger partial charge in [-0.05, 0) is 45.8 Å². The number of rotatable bonds is 5. The third-order valence-corrected chi connectivity index (χ3v) is 6.04. The number of nitrogens with zero attached hydrogens (tertiary/aromatic N) is 2. The summed E-state index contributed by atoms with van der Waals surface area (Å²) in [6.07, 6.45) is 1.64. The van der Waals surface area contributed by atoms with Crippen LogP contribution >= 0.6 is 27.5 Å². The lowest BCUT2D eigenvalue weighted by Gasteiger charge is -2.18. The standard InChI is InChI=1S/C14H14BrClN2O2S/c1-18(10-12-4-2-3-7-17-12)21(19,20)14-6-5-11(9-16)8-13(14)15/h2-8H,9-10H2,1H3. The molecule has 0 amide bonds. The summed E-state index contributed by atoms with van der Waals surface area (Å²) >= 11 is 9.04. The summed E-state index contributed by atoms with van der Waals surface area (Å²) in [4.78, 5) is 4.36. The molecule has 0 fully saturated rings. The van der Waals surface area contributed by atoms with Crippen LogP contribution in [0.1, 0.15) is 11.3 Å². The van der Waals surface area contributed by atoms with Crippen LogP contribution in [0.5, 0.6) is 0 Å². The van der Waals surface area contributed by atoms with E-state index < -0.39 is 10.0 Å². The number of sulfonamides is 1. The van der Waals surface area contributed by atoms with E-state index in [4.69, 9.17) is 11.6 Å². The molecule has 0 atom stereocenters. The van der Waals surface area contributed by atoms with Gasteiger partial charge in [0.05, 0.1) is 17.1 Å². The zero-order valence-electron chi connectivity index (χ0n) is 11.3. The van der Waals surface area contributed by atoms with Crippen molar-refractivity contribution < 1.29 is 8.42 Å². The fourth-order valence-electron chi connectivity index (χ4n) is 1.81. The maximum Gasteiger partial charge on any atom is 0.244 e. The van der Waals surface area contributed by atoms with Crippen molar-refractivity contribution in [2.45, 2.75) is 17.3 Å². The number of hydrogen-bond acceptors (Lipinski definition) is 3. The monoisotopic (exact) mass is 388 g/mol. The summed E-state index contributed by atoms with van der Waals surface area (Å²) in [6.45, 7) is 0.215. The summed E-state index contributed by atoms with van der Waals surface area (Å²) < 4.78 is 27.0. The lowest BCUT2D eigenvalue weighted by atomic mass is 10.2. The highest BCUT2D eigenvalue weighted by atomic mass is 79.9. The van der Waals surface area contributed by atoms with Gasteiger partial charge in [-0.1, -0.05) is 12.1 Å². The molecule has 0 N–H and O–H groups in total. The van der Waals surface area contributed by atoms with Crippen LogP contribution in [-0.2, 0) is 22.4 Å². The average Bonchev–Trinajstić information content (AvgIpc) is 2.47. The molecular formula is C14H14BrClN2O2S. The minimum Gasteiger partial charge on any atom is -0.260 e. The maximum absolute atomic E-state index is 12.6. The minimum absolute atomic E-state index is 0.215. The molecule has 2 rings (SSSR count). The number of alkyl halides is 1. The molecule has 0 saturated carbocycles. The number of aromatic nitrogens is 1. The van der Waals surface area contributed by atoms with Gasteiger partial charge in [0, 0.05) is 23.6 Å². The highest BCUT2D eigenvalue weighted by Crippen LogP contribution is 2.26. The lowest BCUT2D eigenvalue weighted by Crippen LogP contribution is -2.27. The molecule has 0 aliphatic carbocycles. The van der Waals surface area contributed by atoms with Crippen molar-refractivity contribution in [3.63, 3.8) is 0 Å². The van der Waals surface area contributed by atoms with Gasteiger partial charge >= 0.3 is 0 Å². The summed E-state index contributed by atoms with van der Waals surface area (Å²) in [5, 5.41) is 0. The van der Waals surface area contributed by atoms with Crippen molar-refractivity contribution >= 4 is 37.6 Å². The van der Waals surface area contributed by atoms with Crippen LogP contribution in [0.25, 0.3) is 0 Å². The molecule has 2 aromatic rings. The normalized spacial score (nSPS) is 11.8. The molecule has 7 heteroatoms. The number of pyridine rings is 1. The predicted molar refractivity (Wildman–Crippen MR) is 86.6 cm³/mol. The second-order valence-corrected chi connectivity index (χ2v) is 7.62. The van der Waals surface area contributed by atoms with E-state index in [9.17, 15) is 8.42 Å². The quantitative estimate of drug-likeness (QED) is 0.736. The fraction of sp³-hybridized carbons (Fsp3) is 0.214. The van der Waals surface area contributed by atoms with Crippen molar-refractivity contribution in [1.29, 1.82) is 0 Å². The first-order valence-corrected chi connectivity index (χ1v) is 8.92. The Morgan fingerprint density at radius 1 is 1.29 bits per heavy atom. The van der Waals surface area contributed by atoms with Crippen molar-refractivity contribution in [2.24, 2.45) is 0 Å². The molecule has 0 unspecified atom stereocenters. The van der Waals surface area contributed by atoms with Gasteiger partial charge in [0.15, 0.2) is 0 Å². The van der Waals surface area contributed by atoms with Crippen LogP contribution in [0.3, 0.4) is 0 Å². The van der Waals surface area contributed by atoms with Crippen LogP contribution in [0.4, 0.5) is 0 Å². The largest absolute Gasteiger partial charge is 0.260 e. The SMILES string of the molecule is CN(Cc1ccccn1)S(=O)(=O)c1ccc(CCl)cc1Br. The van der Waals surface area contributed by atoms with Crippen LogP contribution in [0, 0.1) is 0 Å². The van der Waals surface area contributed by atoms with E-state index in [2.05, 4.69) is 20.9 Å². The van der Waals surface area contributed by atoms with Gasteiger partial charge in [0.1, 0.15) is 0 Å². The van der Waals surface area contributed by atoms with Gasteiger partial charge in [0.25, 0.3) is 0 Å². The molecule has 1 aromatic carbocycles. The van der Waals surface area contributed by atoms with Crippen molar-refractivity contribution in [2.75, 3.05) is 7.05 Å². The second kappa shape index (κ2) is 6.87. The summed E-state index contributed by atoms with van der Waals surface area (Å²) in [6, 6.07) is 10.4. The number of hydrogen-bond donors (Lipinski definition) is 0. The molecule has 1 heterocycles. The Hall–Kier alpha value is -0.950. The van der Waals surface area contributed by atoms with Crippen molar-refractivity contribution in [3.8, 4) is 0 Å². The first kappa shape index (κ1) is 16.4. The fourth-order valence-corrected chi connectivity index (χ4v) is 4.20. The second-order valence-electron chi connectivity index (χ2n) is 4.48. The van der Waals surface area contributed by atoms with Crippen LogP contribution in [0.2, 0.25) is 0 Å². The van der Waals surface area contributed by atoms with Crippen LogP contribution in [0.15, 0.2) is 52.0 Å². The summed E-state index contributed by atoms with van der Waals surface area (Å²) in [7, 11) is -2.06. The third kappa shape index (κ3) is 3.83. The van der Waals surface area contributed by atoms with Gasteiger partial charge in [-0.25, -0.2) is 8.42 Å². The molecule has 0 bridgehead atoms. The topological polar surface area (TPSA) is 50.3 Å². The van der Waals surface area contributed by atoms with Crippen molar-refractivity contribution in [1.82, 2.24) is 9.29 Å². The van der Waals surface area contributed by atoms with E-state index in [1.54, 1.807) is 36.5 Å². The summed E-state index contributed by atoms with van der Waals surface area (Å²) in [5.41, 5.74) is 1.55. The Balaban J connectivity index is 2.29. The average molecular weight is 390 g/mol. The molecule has 0 aliphatic rings. The highest BCUT2D eigenvalue weighted by Gasteiger charge is 2.23.